The molecular formula is C29H21Cl2F6N3O2. The highest BCUT2D eigenvalue weighted by Gasteiger charge is 2.38. The van der Waals surface area contributed by atoms with E-state index in [0.717, 1.165) is 0 Å². The highest BCUT2D eigenvalue weighted by molar-refractivity contribution is 6.42. The molecule has 4 aromatic rings. The molecule has 0 aliphatic carbocycles. The van der Waals surface area contributed by atoms with Gasteiger partial charge in [-0.25, -0.2) is 0 Å². The molecule has 5 rings (SSSR count). The maximum atomic E-state index is 13.7. The van der Waals surface area contributed by atoms with Crippen LogP contribution in [0.1, 0.15) is 32.6 Å². The molecule has 220 valence electrons. The summed E-state index contributed by atoms with van der Waals surface area (Å²) in [4.78, 5) is 13.7. The van der Waals surface area contributed by atoms with Crippen molar-refractivity contribution in [2.75, 3.05) is 6.61 Å². The molecule has 1 aliphatic heterocycles. The van der Waals surface area contributed by atoms with Gasteiger partial charge in [0.05, 0.1) is 45.8 Å². The van der Waals surface area contributed by atoms with Gasteiger partial charge in [0, 0.05) is 25.0 Å². The standard InChI is InChI=1S/C29H21Cl2F6N3O2/c1-39-4-5-40(27(39)38)13-16-7-21(17-10-19(28(32,33)34)12-20(11-17)29(35,36)37)26-22(8-16)25(41)18(14-42-26)6-15-2-3-23(30)24(31)9-15/h2-5,7-12,18,38H,6,13-14H2,1H3/t18-/m1/s1. The van der Waals surface area contributed by atoms with Gasteiger partial charge in [-0.15, -0.1) is 0 Å². The number of aromatic nitrogens is 2. The third-order valence-electron chi connectivity index (χ3n) is 7.01. The van der Waals surface area contributed by atoms with E-state index in [-0.39, 0.29) is 48.1 Å². The zero-order valence-electron chi connectivity index (χ0n) is 21.7. The molecule has 0 fully saturated rings. The van der Waals surface area contributed by atoms with Crippen molar-refractivity contribution >= 4 is 29.0 Å². The van der Waals surface area contributed by atoms with E-state index in [0.29, 0.717) is 33.3 Å². The average Bonchev–Trinajstić information content (AvgIpc) is 3.23. The number of ketones is 1. The number of nitrogens with zero attached hydrogens (tertiary/aromatic N) is 2. The first-order chi connectivity index (χ1) is 19.6. The van der Waals surface area contributed by atoms with Gasteiger partial charge in [-0.05, 0) is 65.6 Å². The van der Waals surface area contributed by atoms with Crippen LogP contribution in [0.25, 0.3) is 11.1 Å². The number of alkyl halides is 6. The Kier molecular flexibility index (Phi) is 7.69. The monoisotopic (exact) mass is 627 g/mol. The number of Topliss-reactive ketones (excluding diaryl/α,β-unsaturated/α-hetero) is 1. The Balaban J connectivity index is 1.66. The summed E-state index contributed by atoms with van der Waals surface area (Å²) in [5.41, 5.74) is -2.29. The zero-order valence-corrected chi connectivity index (χ0v) is 23.2. The van der Waals surface area contributed by atoms with E-state index in [4.69, 9.17) is 33.3 Å². The summed E-state index contributed by atoms with van der Waals surface area (Å²) < 4.78 is 91.0. The summed E-state index contributed by atoms with van der Waals surface area (Å²) in [7, 11) is 1.64. The van der Waals surface area contributed by atoms with E-state index in [1.165, 1.54) is 21.3 Å². The molecule has 42 heavy (non-hydrogen) atoms. The van der Waals surface area contributed by atoms with Gasteiger partial charge in [0.25, 0.3) is 0 Å². The third-order valence-corrected chi connectivity index (χ3v) is 7.75. The summed E-state index contributed by atoms with van der Waals surface area (Å²) in [6, 6.07) is 9.04. The number of hydrogen-bond donors (Lipinski definition) is 1. The van der Waals surface area contributed by atoms with Crippen LogP contribution in [0.15, 0.2) is 60.9 Å². The number of carbonyl (C=O) groups excluding carboxylic acids is 1. The van der Waals surface area contributed by atoms with Crippen molar-refractivity contribution in [2.45, 2.75) is 25.3 Å². The van der Waals surface area contributed by atoms with Gasteiger partial charge in [-0.2, -0.15) is 26.3 Å². The Labute approximate surface area is 245 Å². The molecule has 0 saturated heterocycles. The second-order valence-corrected chi connectivity index (χ2v) is 10.8. The van der Waals surface area contributed by atoms with Crippen molar-refractivity contribution in [2.24, 2.45) is 13.0 Å². The van der Waals surface area contributed by atoms with Crippen LogP contribution in [0, 0.1) is 11.3 Å². The highest BCUT2D eigenvalue weighted by atomic mass is 35.5. The molecule has 5 nitrogen and oxygen atoms in total. The number of hydrogen-bond acceptors (Lipinski definition) is 3. The molecular weight excluding hydrogens is 607 g/mol. The molecule has 0 unspecified atom stereocenters. The van der Waals surface area contributed by atoms with Crippen molar-refractivity contribution in [3.05, 3.63) is 104 Å². The minimum absolute atomic E-state index is 0.0212. The molecule has 2 heterocycles. The minimum atomic E-state index is -5.06. The normalized spacial score (nSPS) is 15.5. The van der Waals surface area contributed by atoms with Gasteiger partial charge in [-0.3, -0.25) is 10.2 Å². The van der Waals surface area contributed by atoms with E-state index < -0.39 is 40.7 Å². The number of carbonyl (C=O) groups is 1. The first-order valence-electron chi connectivity index (χ1n) is 12.5. The van der Waals surface area contributed by atoms with Gasteiger partial charge < -0.3 is 13.9 Å². The first-order valence-corrected chi connectivity index (χ1v) is 13.2. The quantitative estimate of drug-likeness (QED) is 0.230. The lowest BCUT2D eigenvalue weighted by molar-refractivity contribution is -0.143. The van der Waals surface area contributed by atoms with E-state index >= 15 is 0 Å². The fourth-order valence-electron chi connectivity index (χ4n) is 4.87. The Morgan fingerprint density at radius 1 is 0.881 bits per heavy atom. The van der Waals surface area contributed by atoms with Gasteiger partial charge in [-0.1, -0.05) is 29.3 Å². The summed E-state index contributed by atoms with van der Waals surface area (Å²) >= 11 is 12.1. The van der Waals surface area contributed by atoms with Gasteiger partial charge >= 0.3 is 12.4 Å². The number of imidazole rings is 1. The van der Waals surface area contributed by atoms with E-state index in [9.17, 15) is 31.1 Å². The fraction of sp³-hybridized carbons (Fsp3) is 0.241. The Bertz CT molecular complexity index is 1730. The maximum absolute atomic E-state index is 13.7. The van der Waals surface area contributed by atoms with E-state index in [1.54, 1.807) is 37.6 Å². The van der Waals surface area contributed by atoms with Gasteiger partial charge in [0.15, 0.2) is 5.78 Å². The first kappa shape index (κ1) is 29.8. The SMILES string of the molecule is Cn1ccn(Cc2cc3c(c(-c4cc(C(F)(F)F)cc(C(F)(F)F)c4)c2)OC[C@@H](Cc2ccc(Cl)c(Cl)c2)C3=O)c1=N. The summed E-state index contributed by atoms with van der Waals surface area (Å²) in [6.45, 7) is -0.135. The lowest BCUT2D eigenvalue weighted by Crippen LogP contribution is -2.30. The van der Waals surface area contributed by atoms with Gasteiger partial charge in [0.2, 0.25) is 5.62 Å². The molecule has 1 aromatic heterocycles. The van der Waals surface area contributed by atoms with Crippen molar-refractivity contribution in [3.8, 4) is 16.9 Å². The lowest BCUT2D eigenvalue weighted by Gasteiger charge is -2.27. The van der Waals surface area contributed by atoms with Crippen LogP contribution >= 0.6 is 23.2 Å². The maximum Gasteiger partial charge on any atom is 0.416 e. The smallest absolute Gasteiger partial charge is 0.416 e. The molecule has 1 N–H and O–H groups in total. The Hall–Kier alpha value is -3.70. The number of fused-ring (bicyclic) bond motifs is 1. The predicted molar refractivity (Wildman–Crippen MR) is 144 cm³/mol. The topological polar surface area (TPSA) is 60.0 Å². The highest BCUT2D eigenvalue weighted by Crippen LogP contribution is 2.44. The van der Waals surface area contributed by atoms with Gasteiger partial charge in [0.1, 0.15) is 5.75 Å². The number of rotatable bonds is 5. The van der Waals surface area contributed by atoms with Crippen LogP contribution in [0.2, 0.25) is 10.0 Å². The van der Waals surface area contributed by atoms with Crippen LogP contribution in [0.5, 0.6) is 5.75 Å². The summed E-state index contributed by atoms with van der Waals surface area (Å²) in [5.74, 6) is -1.20. The fourth-order valence-corrected chi connectivity index (χ4v) is 5.19. The molecule has 0 spiro atoms. The molecule has 0 radical (unpaired) electrons. The minimum Gasteiger partial charge on any atom is -0.491 e. The Morgan fingerprint density at radius 2 is 1.52 bits per heavy atom. The molecule has 3 aromatic carbocycles. The summed E-state index contributed by atoms with van der Waals surface area (Å²) in [5, 5.41) is 8.84. The number of ether oxygens (including phenoxy) is 1. The zero-order chi connectivity index (χ0) is 30.6. The molecule has 1 atom stereocenters. The second-order valence-electron chi connectivity index (χ2n) is 10.00. The number of halogens is 8. The molecule has 1 aliphatic rings. The van der Waals surface area contributed by atoms with Crippen LogP contribution in [0.3, 0.4) is 0 Å². The number of nitrogens with one attached hydrogen (secondary N) is 1. The molecule has 13 heteroatoms. The summed E-state index contributed by atoms with van der Waals surface area (Å²) in [6.07, 6.45) is -6.70. The van der Waals surface area contributed by atoms with Crippen LogP contribution in [-0.4, -0.2) is 21.5 Å². The molecule has 0 saturated carbocycles. The van der Waals surface area contributed by atoms with Crippen molar-refractivity contribution in [1.29, 1.82) is 5.41 Å². The van der Waals surface area contributed by atoms with Crippen LogP contribution in [0.4, 0.5) is 26.3 Å². The lowest BCUT2D eigenvalue weighted by atomic mass is 9.86. The van der Waals surface area contributed by atoms with Crippen molar-refractivity contribution in [1.82, 2.24) is 9.13 Å². The van der Waals surface area contributed by atoms with Crippen LogP contribution in [-0.2, 0) is 32.4 Å². The van der Waals surface area contributed by atoms with E-state index in [1.807, 2.05) is 0 Å². The molecule has 0 amide bonds. The largest absolute Gasteiger partial charge is 0.491 e. The molecule has 0 bridgehead atoms. The predicted octanol–water partition coefficient (Wildman–Crippen LogP) is 7.80. The van der Waals surface area contributed by atoms with Crippen LogP contribution < -0.4 is 10.4 Å². The average molecular weight is 628 g/mol. The Morgan fingerprint density at radius 3 is 2.10 bits per heavy atom. The second kappa shape index (κ2) is 10.9. The number of benzene rings is 3. The van der Waals surface area contributed by atoms with Crippen molar-refractivity contribution < 1.29 is 35.9 Å². The van der Waals surface area contributed by atoms with Crippen molar-refractivity contribution in [3.63, 3.8) is 0 Å². The van der Waals surface area contributed by atoms with E-state index in [2.05, 4.69) is 0 Å². The number of aryl methyl sites for hydroxylation is 1. The third kappa shape index (κ3) is 5.94.